The van der Waals surface area contributed by atoms with Crippen LogP contribution >= 0.6 is 0 Å². The Morgan fingerprint density at radius 3 is 2.28 bits per heavy atom. The maximum absolute atomic E-state index is 13.4. The van der Waals surface area contributed by atoms with Crippen LogP contribution in [0.1, 0.15) is 30.4 Å². The van der Waals surface area contributed by atoms with Crippen LogP contribution in [0.5, 0.6) is 0 Å². The van der Waals surface area contributed by atoms with Crippen molar-refractivity contribution in [3.05, 3.63) is 53.3 Å². The van der Waals surface area contributed by atoms with Gasteiger partial charge in [0.2, 0.25) is 10.0 Å². The van der Waals surface area contributed by atoms with Crippen molar-refractivity contribution >= 4 is 25.7 Å². The molecule has 0 amide bonds. The molecule has 4 rings (SSSR count). The zero-order valence-corrected chi connectivity index (χ0v) is 17.8. The van der Waals surface area contributed by atoms with E-state index in [1.165, 1.54) is 26.8 Å². The molecular formula is C20H23FN2O4S2. The lowest BCUT2D eigenvalue weighted by Crippen LogP contribution is -2.35. The van der Waals surface area contributed by atoms with Crippen LogP contribution in [0.4, 0.5) is 10.1 Å². The summed E-state index contributed by atoms with van der Waals surface area (Å²) in [7, 11) is -7.44. The van der Waals surface area contributed by atoms with Gasteiger partial charge in [0.15, 0.2) is 0 Å². The molecular weight excluding hydrogens is 415 g/mol. The number of rotatable bonds is 4. The number of piperidine rings is 1. The van der Waals surface area contributed by atoms with E-state index in [1.807, 2.05) is 0 Å². The van der Waals surface area contributed by atoms with Gasteiger partial charge in [-0.05, 0) is 73.7 Å². The first-order chi connectivity index (χ1) is 13.7. The van der Waals surface area contributed by atoms with E-state index in [0.717, 1.165) is 25.3 Å². The lowest BCUT2D eigenvalue weighted by Gasteiger charge is -2.26. The molecule has 2 heterocycles. The topological polar surface area (TPSA) is 74.8 Å². The number of fused-ring (bicyclic) bond motifs is 1. The first kappa shape index (κ1) is 20.3. The van der Waals surface area contributed by atoms with Gasteiger partial charge in [-0.2, -0.15) is 4.31 Å². The van der Waals surface area contributed by atoms with Gasteiger partial charge in [-0.15, -0.1) is 0 Å². The summed E-state index contributed by atoms with van der Waals surface area (Å²) in [6.45, 7) is 2.82. The molecule has 2 aliphatic rings. The van der Waals surface area contributed by atoms with Gasteiger partial charge in [-0.1, -0.05) is 6.42 Å². The van der Waals surface area contributed by atoms with Crippen molar-refractivity contribution < 1.29 is 21.2 Å². The lowest BCUT2D eigenvalue weighted by atomic mass is 10.2. The van der Waals surface area contributed by atoms with E-state index in [-0.39, 0.29) is 16.3 Å². The number of hydrogen-bond donors (Lipinski definition) is 0. The fourth-order valence-electron chi connectivity index (χ4n) is 4.03. The smallest absolute Gasteiger partial charge is 0.264 e. The Bertz CT molecular complexity index is 1160. The molecule has 0 bridgehead atoms. The van der Waals surface area contributed by atoms with Gasteiger partial charge in [-0.3, -0.25) is 4.31 Å². The van der Waals surface area contributed by atoms with Gasteiger partial charge in [0.05, 0.1) is 15.5 Å². The highest BCUT2D eigenvalue weighted by atomic mass is 32.2. The molecule has 2 aromatic carbocycles. The molecule has 0 spiro atoms. The highest BCUT2D eigenvalue weighted by Crippen LogP contribution is 2.36. The third-order valence-corrected chi connectivity index (χ3v) is 9.43. The Balaban J connectivity index is 1.68. The molecule has 9 heteroatoms. The number of nitrogens with zero attached hydrogens (tertiary/aromatic N) is 2. The molecule has 0 saturated carbocycles. The Morgan fingerprint density at radius 1 is 0.862 bits per heavy atom. The summed E-state index contributed by atoms with van der Waals surface area (Å²) in [6, 6.07) is 8.23. The second-order valence-electron chi connectivity index (χ2n) is 7.49. The molecule has 0 unspecified atom stereocenters. The molecule has 2 aliphatic heterocycles. The van der Waals surface area contributed by atoms with Crippen LogP contribution in [0.15, 0.2) is 46.2 Å². The largest absolute Gasteiger partial charge is 0.266 e. The van der Waals surface area contributed by atoms with Crippen LogP contribution < -0.4 is 4.31 Å². The lowest BCUT2D eigenvalue weighted by molar-refractivity contribution is 0.346. The molecule has 0 radical (unpaired) electrons. The van der Waals surface area contributed by atoms with Crippen molar-refractivity contribution in [1.29, 1.82) is 0 Å². The molecule has 29 heavy (non-hydrogen) atoms. The molecule has 1 saturated heterocycles. The van der Waals surface area contributed by atoms with E-state index in [2.05, 4.69) is 0 Å². The van der Waals surface area contributed by atoms with E-state index in [0.29, 0.717) is 36.3 Å². The average molecular weight is 439 g/mol. The van der Waals surface area contributed by atoms with E-state index in [9.17, 15) is 21.2 Å². The zero-order chi connectivity index (χ0) is 20.8. The number of sulfonamides is 2. The summed E-state index contributed by atoms with van der Waals surface area (Å²) >= 11 is 0. The summed E-state index contributed by atoms with van der Waals surface area (Å²) in [6.07, 6.45) is 3.17. The predicted molar refractivity (Wildman–Crippen MR) is 108 cm³/mol. The zero-order valence-electron chi connectivity index (χ0n) is 16.1. The first-order valence-electron chi connectivity index (χ1n) is 9.63. The van der Waals surface area contributed by atoms with Crippen molar-refractivity contribution in [3.8, 4) is 0 Å². The highest BCUT2D eigenvalue weighted by Gasteiger charge is 2.34. The quantitative estimate of drug-likeness (QED) is 0.735. The van der Waals surface area contributed by atoms with E-state index >= 15 is 0 Å². The fraction of sp³-hybridized carbons (Fsp3) is 0.400. The second kappa shape index (κ2) is 7.37. The Labute approximate surface area is 171 Å². The van der Waals surface area contributed by atoms with Gasteiger partial charge in [0.25, 0.3) is 10.0 Å². The SMILES string of the molecule is Cc1cc(F)ccc1S(=O)(=O)N1CCc2cc(S(=O)(=O)N3CCCCC3)ccc21. The van der Waals surface area contributed by atoms with Crippen LogP contribution in [-0.4, -0.2) is 40.8 Å². The maximum Gasteiger partial charge on any atom is 0.264 e. The third-order valence-electron chi connectivity index (χ3n) is 5.56. The number of hydrogen-bond acceptors (Lipinski definition) is 4. The first-order valence-corrected chi connectivity index (χ1v) is 12.5. The molecule has 156 valence electrons. The normalized spacial score (nSPS) is 18.1. The van der Waals surface area contributed by atoms with Gasteiger partial charge in [0, 0.05) is 19.6 Å². The number of anilines is 1. The molecule has 6 nitrogen and oxygen atoms in total. The highest BCUT2D eigenvalue weighted by molar-refractivity contribution is 7.93. The summed E-state index contributed by atoms with van der Waals surface area (Å²) in [5.41, 5.74) is 1.50. The van der Waals surface area contributed by atoms with Crippen molar-refractivity contribution in [2.24, 2.45) is 0 Å². The Kier molecular flexibility index (Phi) is 5.16. The fourth-order valence-corrected chi connectivity index (χ4v) is 7.31. The third kappa shape index (κ3) is 3.55. The Morgan fingerprint density at radius 2 is 1.59 bits per heavy atom. The maximum atomic E-state index is 13.4. The van der Waals surface area contributed by atoms with Crippen molar-refractivity contribution in [2.45, 2.75) is 42.4 Å². The number of aryl methyl sites for hydroxylation is 1. The second-order valence-corrected chi connectivity index (χ2v) is 11.3. The van der Waals surface area contributed by atoms with Gasteiger partial charge < -0.3 is 0 Å². The van der Waals surface area contributed by atoms with Gasteiger partial charge in [-0.25, -0.2) is 21.2 Å². The summed E-state index contributed by atoms with van der Waals surface area (Å²) in [4.78, 5) is 0.257. The molecule has 0 N–H and O–H groups in total. The van der Waals surface area contributed by atoms with Crippen LogP contribution in [0.2, 0.25) is 0 Å². The summed E-state index contributed by atoms with van der Waals surface area (Å²) in [5.74, 6) is -0.490. The van der Waals surface area contributed by atoms with Crippen LogP contribution in [0.25, 0.3) is 0 Å². The predicted octanol–water partition coefficient (Wildman–Crippen LogP) is 3.06. The minimum Gasteiger partial charge on any atom is -0.266 e. The molecule has 0 aromatic heterocycles. The van der Waals surface area contributed by atoms with E-state index in [4.69, 9.17) is 0 Å². The molecule has 2 aromatic rings. The average Bonchev–Trinajstić information content (AvgIpc) is 3.12. The van der Waals surface area contributed by atoms with Crippen LogP contribution in [0.3, 0.4) is 0 Å². The summed E-state index contributed by atoms with van der Waals surface area (Å²) < 4.78 is 68.3. The van der Waals surface area contributed by atoms with Crippen molar-refractivity contribution in [2.75, 3.05) is 23.9 Å². The molecule has 1 fully saturated rings. The van der Waals surface area contributed by atoms with Crippen LogP contribution in [-0.2, 0) is 26.5 Å². The number of benzene rings is 2. The van der Waals surface area contributed by atoms with Crippen LogP contribution in [0, 0.1) is 12.7 Å². The minimum atomic E-state index is -3.86. The van der Waals surface area contributed by atoms with Crippen molar-refractivity contribution in [3.63, 3.8) is 0 Å². The van der Waals surface area contributed by atoms with Crippen molar-refractivity contribution in [1.82, 2.24) is 4.31 Å². The number of halogens is 1. The van der Waals surface area contributed by atoms with Gasteiger partial charge in [0.1, 0.15) is 5.82 Å². The Hall–Kier alpha value is -1.97. The monoisotopic (exact) mass is 438 g/mol. The van der Waals surface area contributed by atoms with Gasteiger partial charge >= 0.3 is 0 Å². The van der Waals surface area contributed by atoms with E-state index < -0.39 is 25.9 Å². The minimum absolute atomic E-state index is 0.0526. The summed E-state index contributed by atoms with van der Waals surface area (Å²) in [5, 5.41) is 0. The van der Waals surface area contributed by atoms with E-state index in [1.54, 1.807) is 19.1 Å². The standard InChI is InChI=1S/C20H23FN2O4S2/c1-15-13-17(21)5-8-20(15)29(26,27)23-12-9-16-14-18(6-7-19(16)23)28(24,25)22-10-3-2-4-11-22/h5-8,13-14H,2-4,9-12H2,1H3. The molecule has 0 atom stereocenters. The molecule has 0 aliphatic carbocycles.